The molecule has 0 saturated carbocycles. The van der Waals surface area contributed by atoms with E-state index in [2.05, 4.69) is 48.5 Å². The van der Waals surface area contributed by atoms with Gasteiger partial charge in [-0.15, -0.1) is 0 Å². The Kier molecular flexibility index (Phi) is 4.44. The van der Waals surface area contributed by atoms with Crippen molar-refractivity contribution in [3.05, 3.63) is 0 Å². The van der Waals surface area contributed by atoms with Crippen molar-refractivity contribution in [3.63, 3.8) is 0 Å². The zero-order valence-corrected chi connectivity index (χ0v) is 11.9. The lowest BCUT2D eigenvalue weighted by Gasteiger charge is -2.40. The van der Waals surface area contributed by atoms with Crippen LogP contribution < -0.4 is 0 Å². The van der Waals surface area contributed by atoms with Gasteiger partial charge in [0.1, 0.15) is 0 Å². The largest absolute Gasteiger partial charge is 0.390 e. The quantitative estimate of drug-likeness (QED) is 0.745. The van der Waals surface area contributed by atoms with Crippen LogP contribution in [0.3, 0.4) is 0 Å². The number of aliphatic hydroxyl groups is 1. The summed E-state index contributed by atoms with van der Waals surface area (Å²) in [5.41, 5.74) is -0.260. The molecule has 2 atom stereocenters. The first-order valence-corrected chi connectivity index (χ1v) is 6.07. The second-order valence-electron chi connectivity index (χ2n) is 7.60. The Morgan fingerprint density at radius 1 is 0.867 bits per heavy atom. The minimum Gasteiger partial charge on any atom is -0.390 e. The van der Waals surface area contributed by atoms with Crippen LogP contribution in [0.2, 0.25) is 0 Å². The minimum atomic E-state index is -0.572. The number of rotatable bonds is 3. The maximum absolute atomic E-state index is 10.4. The number of hydrogen-bond acceptors (Lipinski definition) is 1. The van der Waals surface area contributed by atoms with E-state index >= 15 is 0 Å². The smallest absolute Gasteiger partial charge is 0.0670 e. The highest BCUT2D eigenvalue weighted by molar-refractivity contribution is 4.88. The monoisotopic (exact) mass is 214 g/mol. The molecule has 15 heavy (non-hydrogen) atoms. The van der Waals surface area contributed by atoms with E-state index in [1.54, 1.807) is 0 Å². The van der Waals surface area contributed by atoms with Crippen LogP contribution in [0, 0.1) is 16.7 Å². The lowest BCUT2D eigenvalue weighted by molar-refractivity contribution is -0.0610. The third kappa shape index (κ3) is 5.55. The van der Waals surface area contributed by atoms with Crippen molar-refractivity contribution in [1.29, 1.82) is 0 Å². The molecule has 1 N–H and O–H groups in total. The first kappa shape index (κ1) is 15.0. The fourth-order valence-electron chi connectivity index (χ4n) is 2.10. The highest BCUT2D eigenvalue weighted by atomic mass is 16.3. The summed E-state index contributed by atoms with van der Waals surface area (Å²) in [6.07, 6.45) is 2.05. The molecule has 0 aliphatic heterocycles. The molecule has 0 spiro atoms. The normalized spacial score (nSPS) is 19.8. The zero-order valence-electron chi connectivity index (χ0n) is 11.9. The summed E-state index contributed by atoms with van der Waals surface area (Å²) in [4.78, 5) is 0. The molecule has 0 aromatic carbocycles. The van der Waals surface area contributed by atoms with Crippen LogP contribution in [0.5, 0.6) is 0 Å². The Labute approximate surface area is 96.3 Å². The molecule has 92 valence electrons. The van der Waals surface area contributed by atoms with Crippen molar-refractivity contribution in [2.75, 3.05) is 0 Å². The van der Waals surface area contributed by atoms with Gasteiger partial charge in [0.2, 0.25) is 0 Å². The Balaban J connectivity index is 4.36. The molecule has 0 fully saturated rings. The van der Waals surface area contributed by atoms with Crippen LogP contribution in [0.4, 0.5) is 0 Å². The van der Waals surface area contributed by atoms with Gasteiger partial charge in [-0.05, 0) is 36.5 Å². The second kappa shape index (κ2) is 4.45. The SMILES string of the molecule is CC(CC(C)(C)C)CC(C)(O)C(C)(C)C. The van der Waals surface area contributed by atoms with Crippen molar-refractivity contribution >= 4 is 0 Å². The Morgan fingerprint density at radius 2 is 1.27 bits per heavy atom. The summed E-state index contributed by atoms with van der Waals surface area (Å²) in [5, 5.41) is 10.4. The van der Waals surface area contributed by atoms with E-state index < -0.39 is 5.60 Å². The molecule has 0 aromatic rings. The highest BCUT2D eigenvalue weighted by Crippen LogP contribution is 2.37. The highest BCUT2D eigenvalue weighted by Gasteiger charge is 2.36. The zero-order chi connectivity index (χ0) is 12.5. The lowest BCUT2D eigenvalue weighted by atomic mass is 9.71. The summed E-state index contributed by atoms with van der Waals surface area (Å²) in [5.74, 6) is 0.569. The Bertz CT molecular complexity index is 190. The molecule has 0 amide bonds. The third-order valence-corrected chi connectivity index (χ3v) is 3.32. The van der Waals surface area contributed by atoms with E-state index in [1.807, 2.05) is 6.92 Å². The molecule has 0 heterocycles. The molecule has 0 radical (unpaired) electrons. The lowest BCUT2D eigenvalue weighted by Crippen LogP contribution is -2.41. The van der Waals surface area contributed by atoms with Gasteiger partial charge >= 0.3 is 0 Å². The summed E-state index contributed by atoms with van der Waals surface area (Å²) >= 11 is 0. The molecule has 0 bridgehead atoms. The molecule has 2 unspecified atom stereocenters. The van der Waals surface area contributed by atoms with Crippen LogP contribution in [0.25, 0.3) is 0 Å². The van der Waals surface area contributed by atoms with Gasteiger partial charge in [-0.3, -0.25) is 0 Å². The van der Waals surface area contributed by atoms with Crippen LogP contribution in [-0.2, 0) is 0 Å². The Morgan fingerprint density at radius 3 is 1.53 bits per heavy atom. The van der Waals surface area contributed by atoms with E-state index in [0.717, 1.165) is 6.42 Å². The third-order valence-electron chi connectivity index (χ3n) is 3.32. The molecule has 1 nitrogen and oxygen atoms in total. The van der Waals surface area contributed by atoms with E-state index in [4.69, 9.17) is 0 Å². The molecule has 0 saturated heterocycles. The number of hydrogen-bond donors (Lipinski definition) is 1. The van der Waals surface area contributed by atoms with Gasteiger partial charge in [0.15, 0.2) is 0 Å². The van der Waals surface area contributed by atoms with Gasteiger partial charge in [-0.25, -0.2) is 0 Å². The predicted octanol–water partition coefficient (Wildman–Crippen LogP) is 4.25. The molecule has 1 heteroatoms. The average molecular weight is 214 g/mol. The van der Waals surface area contributed by atoms with Crippen LogP contribution >= 0.6 is 0 Å². The standard InChI is InChI=1S/C14H30O/c1-11(9-12(2,3)4)10-14(8,15)13(5,6)7/h11,15H,9-10H2,1-8H3. The molecule has 0 aliphatic rings. The summed E-state index contributed by atoms with van der Waals surface area (Å²) in [6, 6.07) is 0. The van der Waals surface area contributed by atoms with E-state index in [-0.39, 0.29) is 5.41 Å². The molecular weight excluding hydrogens is 184 g/mol. The van der Waals surface area contributed by atoms with Gasteiger partial charge < -0.3 is 5.11 Å². The van der Waals surface area contributed by atoms with Crippen LogP contribution in [0.1, 0.15) is 68.2 Å². The van der Waals surface area contributed by atoms with E-state index in [0.29, 0.717) is 11.3 Å². The first-order valence-electron chi connectivity index (χ1n) is 6.07. The van der Waals surface area contributed by atoms with Crippen molar-refractivity contribution in [2.45, 2.75) is 73.8 Å². The maximum Gasteiger partial charge on any atom is 0.0670 e. The minimum absolute atomic E-state index is 0.0425. The van der Waals surface area contributed by atoms with Crippen molar-refractivity contribution in [1.82, 2.24) is 0 Å². The van der Waals surface area contributed by atoms with Crippen molar-refractivity contribution in [2.24, 2.45) is 16.7 Å². The Hall–Kier alpha value is -0.0400. The predicted molar refractivity (Wildman–Crippen MR) is 67.9 cm³/mol. The van der Waals surface area contributed by atoms with E-state index in [9.17, 15) is 5.11 Å². The average Bonchev–Trinajstić information content (AvgIpc) is 1.75. The fourth-order valence-corrected chi connectivity index (χ4v) is 2.10. The fraction of sp³-hybridized carbons (Fsp3) is 1.00. The maximum atomic E-state index is 10.4. The van der Waals surface area contributed by atoms with Gasteiger partial charge in [0.25, 0.3) is 0 Å². The topological polar surface area (TPSA) is 20.2 Å². The van der Waals surface area contributed by atoms with Crippen molar-refractivity contribution in [3.8, 4) is 0 Å². The van der Waals surface area contributed by atoms with Gasteiger partial charge in [0.05, 0.1) is 5.60 Å². The van der Waals surface area contributed by atoms with Gasteiger partial charge in [-0.1, -0.05) is 48.5 Å². The second-order valence-corrected chi connectivity index (χ2v) is 7.60. The molecular formula is C14H30O. The molecule has 0 aliphatic carbocycles. The van der Waals surface area contributed by atoms with Crippen LogP contribution in [0.15, 0.2) is 0 Å². The summed E-state index contributed by atoms with van der Waals surface area (Å²) < 4.78 is 0. The first-order chi connectivity index (χ1) is 6.35. The summed E-state index contributed by atoms with van der Waals surface area (Å²) in [6.45, 7) is 17.3. The van der Waals surface area contributed by atoms with Crippen molar-refractivity contribution < 1.29 is 5.11 Å². The van der Waals surface area contributed by atoms with E-state index in [1.165, 1.54) is 6.42 Å². The molecule has 0 aromatic heterocycles. The van der Waals surface area contributed by atoms with Gasteiger partial charge in [-0.2, -0.15) is 0 Å². The van der Waals surface area contributed by atoms with Gasteiger partial charge in [0, 0.05) is 0 Å². The van der Waals surface area contributed by atoms with Crippen LogP contribution in [-0.4, -0.2) is 10.7 Å². The molecule has 0 rings (SSSR count). The summed E-state index contributed by atoms with van der Waals surface area (Å²) in [7, 11) is 0.